The molecule has 184 valence electrons. The molecule has 4 aromatic rings. The molecule has 1 N–H and O–H groups in total. The van der Waals surface area contributed by atoms with Crippen molar-refractivity contribution >= 4 is 50.2 Å². The van der Waals surface area contributed by atoms with Crippen LogP contribution in [0.4, 0.5) is 5.69 Å². The molecule has 0 spiro atoms. The van der Waals surface area contributed by atoms with Crippen LogP contribution in [-0.4, -0.2) is 18.8 Å². The van der Waals surface area contributed by atoms with E-state index in [1.165, 1.54) is 20.1 Å². The summed E-state index contributed by atoms with van der Waals surface area (Å²) in [7, 11) is 1.52. The lowest BCUT2D eigenvalue weighted by Gasteiger charge is -2.15. The van der Waals surface area contributed by atoms with Crippen LogP contribution in [0.15, 0.2) is 88.9 Å². The van der Waals surface area contributed by atoms with Gasteiger partial charge in [-0.25, -0.2) is 0 Å². The number of rotatable bonds is 8. The highest BCUT2D eigenvalue weighted by molar-refractivity contribution is 9.10. The molecule has 0 radical (unpaired) electrons. The van der Waals surface area contributed by atoms with Gasteiger partial charge < -0.3 is 14.8 Å². The number of nitrogens with zero attached hydrogens (tertiary/aromatic N) is 1. The molecule has 0 aromatic heterocycles. The zero-order valence-electron chi connectivity index (χ0n) is 20.2. The quantitative estimate of drug-likeness (QED) is 0.145. The zero-order valence-corrected chi connectivity index (χ0v) is 21.8. The number of carbonyl (C=O) groups excluding carboxylic acids is 2. The Morgan fingerprint density at radius 2 is 1.76 bits per heavy atom. The van der Waals surface area contributed by atoms with E-state index in [2.05, 4.69) is 39.4 Å². The molecule has 0 aliphatic heterocycles. The fourth-order valence-electron chi connectivity index (χ4n) is 3.94. The van der Waals surface area contributed by atoms with E-state index in [0.29, 0.717) is 39.4 Å². The van der Waals surface area contributed by atoms with Gasteiger partial charge in [-0.2, -0.15) is 5.26 Å². The van der Waals surface area contributed by atoms with Crippen LogP contribution in [0.25, 0.3) is 16.8 Å². The molecular formula is C30H23BrN2O4. The first-order chi connectivity index (χ1) is 17.9. The van der Waals surface area contributed by atoms with Gasteiger partial charge in [-0.1, -0.05) is 54.6 Å². The van der Waals surface area contributed by atoms with Crippen molar-refractivity contribution in [3.05, 3.63) is 106 Å². The molecule has 4 rings (SSSR count). The molecule has 4 aromatic carbocycles. The number of nitriles is 1. The van der Waals surface area contributed by atoms with E-state index in [0.717, 1.165) is 16.3 Å². The number of halogens is 1. The van der Waals surface area contributed by atoms with Crippen LogP contribution in [0.5, 0.6) is 11.5 Å². The van der Waals surface area contributed by atoms with E-state index in [1.54, 1.807) is 36.4 Å². The highest BCUT2D eigenvalue weighted by Crippen LogP contribution is 2.38. The molecule has 0 fully saturated rings. The predicted molar refractivity (Wildman–Crippen MR) is 148 cm³/mol. The Hall–Kier alpha value is -4.41. The molecule has 0 saturated heterocycles. The third-order valence-corrected chi connectivity index (χ3v) is 6.32. The second-order valence-corrected chi connectivity index (χ2v) is 9.04. The van der Waals surface area contributed by atoms with Crippen LogP contribution < -0.4 is 14.8 Å². The second kappa shape index (κ2) is 11.5. The summed E-state index contributed by atoms with van der Waals surface area (Å²) < 4.78 is 12.3. The minimum atomic E-state index is -0.623. The molecule has 0 unspecified atom stereocenters. The summed E-state index contributed by atoms with van der Waals surface area (Å²) in [5.74, 6) is 0.139. The predicted octanol–water partition coefficient (Wildman–Crippen LogP) is 6.94. The maximum Gasteiger partial charge on any atom is 0.266 e. The van der Waals surface area contributed by atoms with Gasteiger partial charge in [-0.05, 0) is 75.1 Å². The summed E-state index contributed by atoms with van der Waals surface area (Å²) in [6.45, 7) is 1.74. The highest BCUT2D eigenvalue weighted by Gasteiger charge is 2.16. The molecule has 7 heteroatoms. The monoisotopic (exact) mass is 554 g/mol. The van der Waals surface area contributed by atoms with Crippen LogP contribution in [0.1, 0.15) is 28.4 Å². The first-order valence-corrected chi connectivity index (χ1v) is 12.2. The third-order valence-electron chi connectivity index (χ3n) is 5.73. The van der Waals surface area contributed by atoms with Gasteiger partial charge in [0.1, 0.15) is 18.2 Å². The number of carbonyl (C=O) groups is 2. The topological polar surface area (TPSA) is 88.4 Å². The normalized spacial score (nSPS) is 11.0. The van der Waals surface area contributed by atoms with E-state index < -0.39 is 5.91 Å². The lowest BCUT2D eigenvalue weighted by molar-refractivity contribution is -0.112. The fourth-order valence-corrected chi connectivity index (χ4v) is 4.51. The number of nitrogens with one attached hydrogen (secondary N) is 1. The maximum absolute atomic E-state index is 12.8. The number of hydrogen-bond donors (Lipinski definition) is 1. The molecule has 0 bridgehead atoms. The minimum Gasteiger partial charge on any atom is -0.493 e. The number of para-hydroxylation sites is 1. The molecule has 1 amide bonds. The van der Waals surface area contributed by atoms with E-state index in [1.807, 2.05) is 30.3 Å². The van der Waals surface area contributed by atoms with Crippen LogP contribution in [0.2, 0.25) is 0 Å². The van der Waals surface area contributed by atoms with E-state index in [4.69, 9.17) is 9.47 Å². The van der Waals surface area contributed by atoms with Crippen molar-refractivity contribution in [2.24, 2.45) is 0 Å². The summed E-state index contributed by atoms with van der Waals surface area (Å²) >= 11 is 3.54. The molecule has 37 heavy (non-hydrogen) atoms. The largest absolute Gasteiger partial charge is 0.493 e. The summed E-state index contributed by atoms with van der Waals surface area (Å²) in [5.41, 5.74) is 2.18. The SMILES string of the molecule is COc1cc(/C=C(/C#N)C(=O)Nc2ccccc2C(C)=O)cc(Br)c1OCc1cccc2ccccc12. The number of hydrogen-bond acceptors (Lipinski definition) is 5. The van der Waals surface area contributed by atoms with Gasteiger partial charge in [0.05, 0.1) is 17.3 Å². The average molecular weight is 555 g/mol. The van der Waals surface area contributed by atoms with Crippen LogP contribution in [0, 0.1) is 11.3 Å². The van der Waals surface area contributed by atoms with E-state index >= 15 is 0 Å². The molecular weight excluding hydrogens is 532 g/mol. The summed E-state index contributed by atoms with van der Waals surface area (Å²) in [6, 6.07) is 26.2. The smallest absolute Gasteiger partial charge is 0.266 e. The van der Waals surface area contributed by atoms with Crippen molar-refractivity contribution in [2.75, 3.05) is 12.4 Å². The molecule has 0 saturated carbocycles. The number of ketones is 1. The van der Waals surface area contributed by atoms with Crippen LogP contribution >= 0.6 is 15.9 Å². The first kappa shape index (κ1) is 25.7. The Kier molecular flexibility index (Phi) is 8.02. The second-order valence-electron chi connectivity index (χ2n) is 8.19. The van der Waals surface area contributed by atoms with E-state index in [9.17, 15) is 14.9 Å². The molecule has 0 aliphatic rings. The number of methoxy groups -OCH3 is 1. The zero-order chi connectivity index (χ0) is 26.4. The first-order valence-electron chi connectivity index (χ1n) is 11.4. The number of amides is 1. The van der Waals surface area contributed by atoms with Gasteiger partial charge >= 0.3 is 0 Å². The lowest BCUT2D eigenvalue weighted by atomic mass is 10.1. The summed E-state index contributed by atoms with van der Waals surface area (Å²) in [4.78, 5) is 24.7. The van der Waals surface area contributed by atoms with Gasteiger partial charge in [-0.15, -0.1) is 0 Å². The fraction of sp³-hybridized carbons (Fsp3) is 0.100. The third kappa shape index (κ3) is 5.88. The number of fused-ring (bicyclic) bond motifs is 1. The summed E-state index contributed by atoms with van der Waals surface area (Å²) in [5, 5.41) is 14.5. The minimum absolute atomic E-state index is 0.128. The summed E-state index contributed by atoms with van der Waals surface area (Å²) in [6.07, 6.45) is 1.45. The Morgan fingerprint density at radius 1 is 1.03 bits per heavy atom. The van der Waals surface area contributed by atoms with Gasteiger partial charge in [0, 0.05) is 5.56 Å². The Labute approximate surface area is 223 Å². The Morgan fingerprint density at radius 3 is 2.51 bits per heavy atom. The van der Waals surface area contributed by atoms with Crippen molar-refractivity contribution in [3.63, 3.8) is 0 Å². The van der Waals surface area contributed by atoms with Gasteiger partial charge in [0.25, 0.3) is 5.91 Å². The molecule has 0 heterocycles. The van der Waals surface area contributed by atoms with E-state index in [-0.39, 0.29) is 11.4 Å². The van der Waals surface area contributed by atoms with Crippen LogP contribution in [-0.2, 0) is 11.4 Å². The number of Topliss-reactive ketones (excluding diaryl/α,β-unsaturated/α-hetero) is 1. The molecule has 0 atom stereocenters. The van der Waals surface area contributed by atoms with Crippen molar-refractivity contribution in [1.29, 1.82) is 5.26 Å². The van der Waals surface area contributed by atoms with Crippen molar-refractivity contribution in [3.8, 4) is 17.6 Å². The Bertz CT molecular complexity index is 1560. The van der Waals surface area contributed by atoms with Gasteiger partial charge in [-0.3, -0.25) is 9.59 Å². The van der Waals surface area contributed by atoms with Gasteiger partial charge in [0.15, 0.2) is 17.3 Å². The molecule has 0 aliphatic carbocycles. The number of ether oxygens (including phenoxy) is 2. The van der Waals surface area contributed by atoms with Crippen molar-refractivity contribution < 1.29 is 19.1 Å². The Balaban J connectivity index is 1.58. The maximum atomic E-state index is 12.8. The average Bonchev–Trinajstić information content (AvgIpc) is 2.90. The number of anilines is 1. The van der Waals surface area contributed by atoms with Crippen molar-refractivity contribution in [1.82, 2.24) is 0 Å². The molecule has 6 nitrogen and oxygen atoms in total. The number of benzene rings is 4. The highest BCUT2D eigenvalue weighted by atomic mass is 79.9. The van der Waals surface area contributed by atoms with Crippen LogP contribution in [0.3, 0.4) is 0 Å². The van der Waals surface area contributed by atoms with Gasteiger partial charge in [0.2, 0.25) is 0 Å². The standard InChI is InChI=1S/C30H23BrN2O4/c1-19(34)24-11-5-6-13-27(24)33-30(35)23(17-32)14-20-15-26(31)29(28(16-20)36-2)37-18-22-10-7-9-21-8-3-4-12-25(21)22/h3-16H,18H2,1-2H3,(H,33,35)/b23-14-. The lowest BCUT2D eigenvalue weighted by Crippen LogP contribution is -2.15. The van der Waals surface area contributed by atoms with Crippen molar-refractivity contribution in [2.45, 2.75) is 13.5 Å².